The summed E-state index contributed by atoms with van der Waals surface area (Å²) in [5, 5.41) is 0. The first kappa shape index (κ1) is 33.4. The number of anilines is 2. The molecule has 0 radical (unpaired) electrons. The van der Waals surface area contributed by atoms with E-state index in [1.165, 1.54) is 22.3 Å². The Balaban J connectivity index is 0.00000165. The molecule has 0 amide bonds. The molecule has 3 aromatic carbocycles. The molecule has 0 aliphatic heterocycles. The molecular weight excluding hydrogens is 706 g/mol. The normalized spacial score (nSPS) is 13.3. The number of nitrogens with zero attached hydrogens (tertiary/aromatic N) is 3. The van der Waals surface area contributed by atoms with Gasteiger partial charge in [0.05, 0.1) is 0 Å². The summed E-state index contributed by atoms with van der Waals surface area (Å²) in [5.74, 6) is 0. The zero-order valence-electron chi connectivity index (χ0n) is 25.9. The third-order valence-electron chi connectivity index (χ3n) is 7.35. The van der Waals surface area contributed by atoms with Crippen molar-refractivity contribution in [3.8, 4) is 22.4 Å². The van der Waals surface area contributed by atoms with Crippen molar-refractivity contribution < 1.29 is 21.1 Å². The average Bonchev–Trinajstić information content (AvgIpc) is 3.27. The molecule has 0 saturated carbocycles. The molecule has 3 nitrogen and oxygen atoms in total. The Kier molecular flexibility index (Phi) is 11.6. The van der Waals surface area contributed by atoms with Gasteiger partial charge in [-0.15, -0.1) is 54.1 Å². The second kappa shape index (κ2) is 14.9. The van der Waals surface area contributed by atoms with Crippen molar-refractivity contribution in [3.05, 3.63) is 151 Å². The fraction of sp³-hybridized carbons (Fsp3) is 0.179. The van der Waals surface area contributed by atoms with Crippen LogP contribution < -0.4 is 4.90 Å². The van der Waals surface area contributed by atoms with Crippen molar-refractivity contribution in [2.45, 2.75) is 47.0 Å². The van der Waals surface area contributed by atoms with Crippen molar-refractivity contribution in [2.75, 3.05) is 4.90 Å². The van der Waals surface area contributed by atoms with Crippen LogP contribution in [0.25, 0.3) is 22.4 Å². The predicted molar refractivity (Wildman–Crippen MR) is 180 cm³/mol. The maximum absolute atomic E-state index is 4.55. The van der Waals surface area contributed by atoms with Crippen molar-refractivity contribution in [1.29, 1.82) is 0 Å². The molecule has 4 heteroatoms. The summed E-state index contributed by atoms with van der Waals surface area (Å²) in [4.78, 5) is 11.1. The minimum absolute atomic E-state index is 0. The van der Waals surface area contributed by atoms with Crippen LogP contribution in [0.2, 0.25) is 0 Å². The Labute approximate surface area is 272 Å². The van der Waals surface area contributed by atoms with Gasteiger partial charge < -0.3 is 14.9 Å². The standard InChI is InChI=1S/C37H33N3.C2H6.Pt/c1-7-21-38-27(4)26(3)23-29(8-2)40(30-15-13-14-28(24-30)36-18-11-12-22-39-36)31-19-20-33-32-16-9-10-17-34(32)37(5,6)35(33)25-31;1-2;/h7-22,25H,2-3H2,1,4-6H3;1-2H3;/q-2;;+2/b21-7-,38-27?;;. The molecule has 0 N–H and O–H groups in total. The molecule has 0 atom stereocenters. The fourth-order valence-electron chi connectivity index (χ4n) is 5.21. The summed E-state index contributed by atoms with van der Waals surface area (Å²) in [6.07, 6.45) is 10.7. The van der Waals surface area contributed by atoms with E-state index in [2.05, 4.69) is 96.5 Å². The first-order valence-corrected chi connectivity index (χ1v) is 14.4. The van der Waals surface area contributed by atoms with Gasteiger partial charge in [-0.05, 0) is 70.2 Å². The van der Waals surface area contributed by atoms with E-state index in [0.29, 0.717) is 5.57 Å². The summed E-state index contributed by atoms with van der Waals surface area (Å²) < 4.78 is 0. The van der Waals surface area contributed by atoms with E-state index < -0.39 is 0 Å². The largest absolute Gasteiger partial charge is 2.00 e. The first-order valence-electron chi connectivity index (χ1n) is 14.4. The number of benzene rings is 3. The maximum atomic E-state index is 4.55. The van der Waals surface area contributed by atoms with Crippen LogP contribution >= 0.6 is 0 Å². The van der Waals surface area contributed by atoms with Crippen LogP contribution in [0.5, 0.6) is 0 Å². The van der Waals surface area contributed by atoms with Gasteiger partial charge in [0.1, 0.15) is 0 Å². The smallest absolute Gasteiger partial charge is 0.346 e. The van der Waals surface area contributed by atoms with Gasteiger partial charge in [-0.1, -0.05) is 83.2 Å². The number of hydrogen-bond acceptors (Lipinski definition) is 3. The average molecular weight is 745 g/mol. The maximum Gasteiger partial charge on any atom is 2.00 e. The van der Waals surface area contributed by atoms with E-state index in [1.807, 2.05) is 76.2 Å². The van der Waals surface area contributed by atoms with Gasteiger partial charge in [0.15, 0.2) is 0 Å². The first-order chi connectivity index (χ1) is 20.3. The van der Waals surface area contributed by atoms with E-state index >= 15 is 0 Å². The van der Waals surface area contributed by atoms with Crippen LogP contribution in [0.4, 0.5) is 11.4 Å². The molecule has 0 unspecified atom stereocenters. The van der Waals surface area contributed by atoms with E-state index in [9.17, 15) is 0 Å². The van der Waals surface area contributed by atoms with Crippen LogP contribution in [0, 0.1) is 12.1 Å². The van der Waals surface area contributed by atoms with E-state index in [4.69, 9.17) is 0 Å². The molecule has 5 rings (SSSR count). The Morgan fingerprint density at radius 3 is 2.37 bits per heavy atom. The Morgan fingerprint density at radius 2 is 1.67 bits per heavy atom. The van der Waals surface area contributed by atoms with Crippen LogP contribution in [0.15, 0.2) is 133 Å². The molecule has 1 heterocycles. The quantitative estimate of drug-likeness (QED) is 0.102. The topological polar surface area (TPSA) is 28.5 Å². The van der Waals surface area contributed by atoms with Crippen LogP contribution in [0.1, 0.15) is 52.7 Å². The molecule has 0 bridgehead atoms. The second-order valence-corrected chi connectivity index (χ2v) is 10.3. The van der Waals surface area contributed by atoms with Crippen LogP contribution in [-0.2, 0) is 26.5 Å². The monoisotopic (exact) mass is 744 g/mol. The van der Waals surface area contributed by atoms with Gasteiger partial charge in [-0.2, -0.15) is 6.58 Å². The van der Waals surface area contributed by atoms with E-state index in [0.717, 1.165) is 34.0 Å². The van der Waals surface area contributed by atoms with Crippen LogP contribution in [0.3, 0.4) is 0 Å². The number of aromatic nitrogens is 1. The van der Waals surface area contributed by atoms with Crippen molar-refractivity contribution in [1.82, 2.24) is 4.98 Å². The number of fused-ring (bicyclic) bond motifs is 3. The van der Waals surface area contributed by atoms with Gasteiger partial charge in [-0.3, -0.25) is 0 Å². The number of rotatable bonds is 8. The summed E-state index contributed by atoms with van der Waals surface area (Å²) in [6, 6.07) is 31.0. The second-order valence-electron chi connectivity index (χ2n) is 10.3. The van der Waals surface area contributed by atoms with Gasteiger partial charge in [0, 0.05) is 23.5 Å². The van der Waals surface area contributed by atoms with Gasteiger partial charge in [-0.25, -0.2) is 0 Å². The van der Waals surface area contributed by atoms with Gasteiger partial charge in [0.2, 0.25) is 0 Å². The minimum Gasteiger partial charge on any atom is -0.346 e. The Bertz CT molecular complexity index is 1680. The minimum atomic E-state index is -0.131. The zero-order valence-corrected chi connectivity index (χ0v) is 28.2. The predicted octanol–water partition coefficient (Wildman–Crippen LogP) is 10.4. The molecule has 0 spiro atoms. The number of hydrogen-bond donors (Lipinski definition) is 0. The van der Waals surface area contributed by atoms with Crippen LogP contribution in [-0.4, -0.2) is 10.7 Å². The number of aliphatic imine (C=N–C) groups is 1. The summed E-state index contributed by atoms with van der Waals surface area (Å²) in [5.41, 5.74) is 10.9. The van der Waals surface area contributed by atoms with E-state index in [1.54, 1.807) is 12.4 Å². The SMILES string of the molecule is C=CC(=[C-]C(=C)C(C)=N/C=C\C)N(c1[c-]c(-c2ccccn2)ccc1)c1ccc2c(c1)C(C)(C)c1ccccc1-2.CC.[Pt+2]. The Hall–Kier alpha value is -4.07. The third kappa shape index (κ3) is 6.95. The molecule has 43 heavy (non-hydrogen) atoms. The number of allylic oxidation sites excluding steroid dienone is 4. The molecule has 0 saturated heterocycles. The van der Waals surface area contributed by atoms with Crippen molar-refractivity contribution >= 4 is 17.1 Å². The molecule has 1 aliphatic carbocycles. The summed E-state index contributed by atoms with van der Waals surface area (Å²) in [7, 11) is 0. The summed E-state index contributed by atoms with van der Waals surface area (Å²) in [6.45, 7) is 20.9. The third-order valence-corrected chi connectivity index (χ3v) is 7.35. The molecule has 1 aliphatic rings. The molecule has 1 aromatic heterocycles. The Morgan fingerprint density at radius 1 is 0.953 bits per heavy atom. The number of pyridine rings is 1. The van der Waals surface area contributed by atoms with Gasteiger partial charge in [0.25, 0.3) is 0 Å². The van der Waals surface area contributed by atoms with Crippen molar-refractivity contribution in [3.63, 3.8) is 0 Å². The molecule has 4 aromatic rings. The molecule has 0 fully saturated rings. The van der Waals surface area contributed by atoms with E-state index in [-0.39, 0.29) is 26.5 Å². The summed E-state index contributed by atoms with van der Waals surface area (Å²) >= 11 is 0. The fourth-order valence-corrected chi connectivity index (χ4v) is 5.21. The molecular formula is C39H39N3Pt. The van der Waals surface area contributed by atoms with Gasteiger partial charge >= 0.3 is 21.1 Å². The van der Waals surface area contributed by atoms with Crippen molar-refractivity contribution in [2.24, 2.45) is 4.99 Å². The zero-order chi connectivity index (χ0) is 30.3. The molecule has 220 valence electrons.